The lowest BCUT2D eigenvalue weighted by Crippen LogP contribution is -1.95. The number of aromatic nitrogens is 2. The normalized spacial score (nSPS) is 11.2. The van der Waals surface area contributed by atoms with Crippen molar-refractivity contribution in [3.8, 4) is 10.8 Å². The molecule has 7 heteroatoms. The fourth-order valence-corrected chi connectivity index (χ4v) is 3.75. The van der Waals surface area contributed by atoms with Crippen LogP contribution in [0.25, 0.3) is 20.2 Å². The molecule has 3 aromatic rings. The fourth-order valence-electron chi connectivity index (χ4n) is 1.72. The van der Waals surface area contributed by atoms with Crippen molar-refractivity contribution in [2.45, 2.75) is 19.3 Å². The highest BCUT2D eigenvalue weighted by Crippen LogP contribution is 2.35. The van der Waals surface area contributed by atoms with E-state index < -0.39 is 5.97 Å². The Morgan fingerprint density at radius 2 is 2.26 bits per heavy atom. The minimum absolute atomic E-state index is 0.118. The molecule has 0 aliphatic carbocycles. The molecule has 98 valence electrons. The first kappa shape index (κ1) is 12.3. The molecule has 0 atom stereocenters. The summed E-state index contributed by atoms with van der Waals surface area (Å²) in [4.78, 5) is 11.4. The summed E-state index contributed by atoms with van der Waals surface area (Å²) in [6.07, 6.45) is 1.13. The first-order chi connectivity index (χ1) is 9.22. The molecule has 1 N–H and O–H groups in total. The van der Waals surface area contributed by atoms with E-state index in [1.807, 2.05) is 6.07 Å². The van der Waals surface area contributed by atoms with Crippen LogP contribution in [-0.4, -0.2) is 21.3 Å². The predicted octanol–water partition coefficient (Wildman–Crippen LogP) is 3.42. The van der Waals surface area contributed by atoms with Crippen molar-refractivity contribution in [3.05, 3.63) is 23.4 Å². The Morgan fingerprint density at radius 3 is 3.05 bits per heavy atom. The van der Waals surface area contributed by atoms with Crippen LogP contribution in [0.1, 0.15) is 18.7 Å². The van der Waals surface area contributed by atoms with Gasteiger partial charge in [0.1, 0.15) is 0 Å². The maximum Gasteiger partial charge on any atom is 0.303 e. The lowest BCUT2D eigenvalue weighted by atomic mass is 10.2. The number of thiophene rings is 2. The van der Waals surface area contributed by atoms with Gasteiger partial charge >= 0.3 is 5.97 Å². The van der Waals surface area contributed by atoms with Gasteiger partial charge in [-0.2, -0.15) is 0 Å². The van der Waals surface area contributed by atoms with Gasteiger partial charge < -0.3 is 9.52 Å². The molecular weight excluding hydrogens is 284 g/mol. The predicted molar refractivity (Wildman–Crippen MR) is 73.6 cm³/mol. The molecular formula is C12H10N2O3S2. The summed E-state index contributed by atoms with van der Waals surface area (Å²) in [7, 11) is 0. The second kappa shape index (κ2) is 5.10. The molecule has 0 saturated carbocycles. The van der Waals surface area contributed by atoms with E-state index in [1.54, 1.807) is 22.7 Å². The van der Waals surface area contributed by atoms with Gasteiger partial charge in [-0.15, -0.1) is 32.9 Å². The van der Waals surface area contributed by atoms with E-state index in [-0.39, 0.29) is 6.42 Å². The first-order valence-electron chi connectivity index (χ1n) is 5.74. The number of hydrogen-bond donors (Lipinski definition) is 1. The minimum atomic E-state index is -0.807. The Kier molecular flexibility index (Phi) is 3.31. The molecule has 19 heavy (non-hydrogen) atoms. The van der Waals surface area contributed by atoms with Gasteiger partial charge in [-0.3, -0.25) is 4.79 Å². The first-order valence-corrected chi connectivity index (χ1v) is 7.43. The Bertz CT molecular complexity index is 685. The molecule has 0 unspecified atom stereocenters. The molecule has 0 radical (unpaired) electrons. The lowest BCUT2D eigenvalue weighted by Gasteiger charge is -1.91. The number of carboxylic acid groups (broad SMARTS) is 1. The van der Waals surface area contributed by atoms with Gasteiger partial charge in [-0.05, 0) is 23.9 Å². The standard InChI is InChI=1S/C12H10N2O3S2/c15-11(16)3-1-2-10-13-14-12(17-10)9-6-8-7(19-9)4-5-18-8/h4-6H,1-3H2,(H,15,16). The lowest BCUT2D eigenvalue weighted by molar-refractivity contribution is -0.137. The molecule has 5 nitrogen and oxygen atoms in total. The minimum Gasteiger partial charge on any atom is -0.481 e. The van der Waals surface area contributed by atoms with Crippen LogP contribution in [0.2, 0.25) is 0 Å². The van der Waals surface area contributed by atoms with E-state index in [0.717, 1.165) is 4.88 Å². The fraction of sp³-hybridized carbons (Fsp3) is 0.250. The van der Waals surface area contributed by atoms with Gasteiger partial charge in [0.15, 0.2) is 0 Å². The third-order valence-electron chi connectivity index (χ3n) is 2.60. The molecule has 3 heterocycles. The molecule has 3 aromatic heterocycles. The third-order valence-corrected chi connectivity index (χ3v) is 4.68. The summed E-state index contributed by atoms with van der Waals surface area (Å²) in [5, 5.41) is 18.6. The number of hydrogen-bond acceptors (Lipinski definition) is 6. The molecule has 0 fully saturated rings. The van der Waals surface area contributed by atoms with Gasteiger partial charge in [0.05, 0.1) is 4.88 Å². The van der Waals surface area contributed by atoms with Crippen molar-refractivity contribution in [2.75, 3.05) is 0 Å². The van der Waals surface area contributed by atoms with Gasteiger partial charge in [0.25, 0.3) is 5.89 Å². The zero-order chi connectivity index (χ0) is 13.2. The number of carbonyl (C=O) groups is 1. The Hall–Kier alpha value is -1.73. The number of nitrogens with zero attached hydrogens (tertiary/aromatic N) is 2. The van der Waals surface area contributed by atoms with E-state index in [4.69, 9.17) is 9.52 Å². The maximum atomic E-state index is 10.4. The molecule has 3 rings (SSSR count). The van der Waals surface area contributed by atoms with Crippen LogP contribution in [0, 0.1) is 0 Å². The van der Waals surface area contributed by atoms with Crippen LogP contribution in [0.3, 0.4) is 0 Å². The number of carboxylic acids is 1. The van der Waals surface area contributed by atoms with Crippen LogP contribution in [0.4, 0.5) is 0 Å². The summed E-state index contributed by atoms with van der Waals surface area (Å²) in [6.45, 7) is 0. The van der Waals surface area contributed by atoms with Gasteiger partial charge in [-0.1, -0.05) is 0 Å². The van der Waals surface area contributed by atoms with E-state index >= 15 is 0 Å². The molecule has 0 aromatic carbocycles. The monoisotopic (exact) mass is 294 g/mol. The smallest absolute Gasteiger partial charge is 0.303 e. The van der Waals surface area contributed by atoms with E-state index in [9.17, 15) is 4.79 Å². The van der Waals surface area contributed by atoms with E-state index in [2.05, 4.69) is 21.6 Å². The molecule has 0 aliphatic heterocycles. The van der Waals surface area contributed by atoms with Crippen molar-refractivity contribution in [1.29, 1.82) is 0 Å². The second-order valence-corrected chi connectivity index (χ2v) is 6.04. The van der Waals surface area contributed by atoms with Gasteiger partial charge in [0.2, 0.25) is 5.89 Å². The highest BCUT2D eigenvalue weighted by Gasteiger charge is 2.12. The Labute approximate surface area is 116 Å². The van der Waals surface area contributed by atoms with Gasteiger partial charge in [-0.25, -0.2) is 0 Å². The molecule has 0 saturated heterocycles. The Morgan fingerprint density at radius 1 is 1.37 bits per heavy atom. The van der Waals surface area contributed by atoms with Crippen molar-refractivity contribution in [1.82, 2.24) is 10.2 Å². The van der Waals surface area contributed by atoms with Gasteiger partial charge in [0, 0.05) is 22.2 Å². The van der Waals surface area contributed by atoms with Crippen molar-refractivity contribution in [2.24, 2.45) is 0 Å². The average molecular weight is 294 g/mol. The topological polar surface area (TPSA) is 76.2 Å². The number of aliphatic carboxylic acids is 1. The summed E-state index contributed by atoms with van der Waals surface area (Å²) in [5.74, 6) is 0.199. The van der Waals surface area contributed by atoms with Crippen LogP contribution in [-0.2, 0) is 11.2 Å². The van der Waals surface area contributed by atoms with Crippen molar-refractivity contribution >= 4 is 38.0 Å². The molecule has 0 bridgehead atoms. The highest BCUT2D eigenvalue weighted by atomic mass is 32.1. The summed E-state index contributed by atoms with van der Waals surface area (Å²) >= 11 is 3.30. The summed E-state index contributed by atoms with van der Waals surface area (Å²) in [5.41, 5.74) is 0. The van der Waals surface area contributed by atoms with Crippen molar-refractivity contribution in [3.63, 3.8) is 0 Å². The molecule has 0 aliphatic rings. The van der Waals surface area contributed by atoms with E-state index in [1.165, 1.54) is 9.40 Å². The quantitative estimate of drug-likeness (QED) is 0.780. The highest BCUT2D eigenvalue weighted by molar-refractivity contribution is 7.28. The summed E-state index contributed by atoms with van der Waals surface area (Å²) < 4.78 is 7.98. The molecule has 0 spiro atoms. The Balaban J connectivity index is 1.73. The SMILES string of the molecule is O=C(O)CCCc1nnc(-c2cc3sccc3s2)o1. The number of aryl methyl sites for hydroxylation is 1. The van der Waals surface area contributed by atoms with E-state index in [0.29, 0.717) is 24.6 Å². The average Bonchev–Trinajstić information content (AvgIpc) is 3.01. The van der Waals surface area contributed by atoms with Crippen LogP contribution < -0.4 is 0 Å². The summed E-state index contributed by atoms with van der Waals surface area (Å²) in [6, 6.07) is 4.11. The largest absolute Gasteiger partial charge is 0.481 e. The van der Waals surface area contributed by atoms with Crippen LogP contribution in [0.15, 0.2) is 21.9 Å². The zero-order valence-corrected chi connectivity index (χ0v) is 11.5. The number of rotatable bonds is 5. The van der Waals surface area contributed by atoms with Crippen LogP contribution in [0.5, 0.6) is 0 Å². The second-order valence-electron chi connectivity index (χ2n) is 4.01. The zero-order valence-electron chi connectivity index (χ0n) is 9.83. The number of fused-ring (bicyclic) bond motifs is 1. The van der Waals surface area contributed by atoms with Crippen LogP contribution >= 0.6 is 22.7 Å². The molecule has 0 amide bonds. The third kappa shape index (κ3) is 2.66. The maximum absolute atomic E-state index is 10.4. The van der Waals surface area contributed by atoms with Crippen molar-refractivity contribution < 1.29 is 14.3 Å².